The minimum Gasteiger partial charge on any atom is -0.366 e. The van der Waals surface area contributed by atoms with E-state index in [1.54, 1.807) is 18.5 Å². The van der Waals surface area contributed by atoms with Gasteiger partial charge in [-0.1, -0.05) is 0 Å². The molecule has 0 aromatic carbocycles. The van der Waals surface area contributed by atoms with Crippen molar-refractivity contribution in [2.24, 2.45) is 5.73 Å². The lowest BCUT2D eigenvalue weighted by Gasteiger charge is -2.07. The quantitative estimate of drug-likeness (QED) is 0.900. The highest BCUT2D eigenvalue weighted by molar-refractivity contribution is 5.94. The molecular formula is C15H17N3O2. The van der Waals surface area contributed by atoms with E-state index in [0.29, 0.717) is 12.0 Å². The van der Waals surface area contributed by atoms with Gasteiger partial charge in [0.05, 0.1) is 5.56 Å². The summed E-state index contributed by atoms with van der Waals surface area (Å²) in [6, 6.07) is 5.49. The lowest BCUT2D eigenvalue weighted by atomic mass is 10.1. The fourth-order valence-electron chi connectivity index (χ4n) is 2.14. The normalized spacial score (nSPS) is 10.5. The molecule has 1 amide bonds. The maximum atomic E-state index is 11.3. The molecule has 2 aromatic heterocycles. The van der Waals surface area contributed by atoms with Gasteiger partial charge in [0.15, 0.2) is 0 Å². The van der Waals surface area contributed by atoms with E-state index < -0.39 is 5.91 Å². The van der Waals surface area contributed by atoms with Crippen molar-refractivity contribution in [3.05, 3.63) is 41.9 Å². The fourth-order valence-corrected chi connectivity index (χ4v) is 2.14. The average Bonchev–Trinajstić information content (AvgIpc) is 2.82. The summed E-state index contributed by atoms with van der Waals surface area (Å²) in [6.07, 6.45) is 3.72. The molecule has 5 nitrogen and oxygen atoms in total. The molecule has 0 spiro atoms. The molecular weight excluding hydrogens is 254 g/mol. The van der Waals surface area contributed by atoms with Gasteiger partial charge < -0.3 is 10.3 Å². The number of carbonyl (C=O) groups is 2. The fraction of sp³-hybridized carbons (Fsp3) is 0.267. The maximum absolute atomic E-state index is 11.3. The Balaban J connectivity index is 2.45. The van der Waals surface area contributed by atoms with E-state index in [0.717, 1.165) is 23.5 Å². The molecule has 0 aliphatic heterocycles. The number of hydrogen-bond acceptors (Lipinski definition) is 3. The van der Waals surface area contributed by atoms with Crippen LogP contribution in [0.25, 0.3) is 11.3 Å². The van der Waals surface area contributed by atoms with E-state index in [1.807, 2.05) is 23.6 Å². The third-order valence-corrected chi connectivity index (χ3v) is 3.06. The van der Waals surface area contributed by atoms with Crippen LogP contribution in [0.4, 0.5) is 0 Å². The topological polar surface area (TPSA) is 78.0 Å². The van der Waals surface area contributed by atoms with Crippen LogP contribution in [0.2, 0.25) is 0 Å². The van der Waals surface area contributed by atoms with Crippen LogP contribution in [0, 0.1) is 0 Å². The van der Waals surface area contributed by atoms with Crippen molar-refractivity contribution in [1.29, 1.82) is 0 Å². The third kappa shape index (κ3) is 2.93. The van der Waals surface area contributed by atoms with Crippen LogP contribution in [0.3, 0.4) is 0 Å². The zero-order chi connectivity index (χ0) is 14.7. The van der Waals surface area contributed by atoms with Crippen molar-refractivity contribution >= 4 is 11.7 Å². The first-order valence-corrected chi connectivity index (χ1v) is 6.46. The molecule has 5 heteroatoms. The lowest BCUT2D eigenvalue weighted by Crippen LogP contribution is -2.09. The smallest absolute Gasteiger partial charge is 0.250 e. The molecule has 2 heterocycles. The number of aromatic nitrogens is 2. The Bertz CT molecular complexity index is 659. The van der Waals surface area contributed by atoms with E-state index in [1.165, 1.54) is 6.92 Å². The summed E-state index contributed by atoms with van der Waals surface area (Å²) in [5.74, 6) is -0.380. The summed E-state index contributed by atoms with van der Waals surface area (Å²) in [7, 11) is 0. The number of rotatable bonds is 5. The van der Waals surface area contributed by atoms with Crippen molar-refractivity contribution in [3.63, 3.8) is 0 Å². The highest BCUT2D eigenvalue weighted by atomic mass is 16.1. The van der Waals surface area contributed by atoms with Crippen LogP contribution >= 0.6 is 0 Å². The molecule has 2 N–H and O–H groups in total. The molecule has 104 valence electrons. The van der Waals surface area contributed by atoms with Gasteiger partial charge in [-0.3, -0.25) is 14.6 Å². The zero-order valence-electron chi connectivity index (χ0n) is 11.6. The molecule has 0 radical (unpaired) electrons. The summed E-state index contributed by atoms with van der Waals surface area (Å²) >= 11 is 0. The molecule has 0 atom stereocenters. The van der Waals surface area contributed by atoms with Crippen molar-refractivity contribution in [2.45, 2.75) is 26.8 Å². The number of nitrogens with zero attached hydrogens (tertiary/aromatic N) is 2. The first kappa shape index (κ1) is 14.0. The largest absolute Gasteiger partial charge is 0.366 e. The number of Topliss-reactive ketones (excluding diaryl/α,β-unsaturated/α-hetero) is 1. The van der Waals surface area contributed by atoms with Crippen LogP contribution < -0.4 is 5.73 Å². The monoisotopic (exact) mass is 271 g/mol. The number of primary amides is 1. The van der Waals surface area contributed by atoms with Gasteiger partial charge in [-0.2, -0.15) is 0 Å². The minimum atomic E-state index is -0.448. The number of amides is 1. The van der Waals surface area contributed by atoms with Crippen molar-refractivity contribution < 1.29 is 9.59 Å². The van der Waals surface area contributed by atoms with Gasteiger partial charge in [0, 0.05) is 42.3 Å². The number of ketones is 1. The number of aryl methyl sites for hydroxylation is 1. The first-order chi connectivity index (χ1) is 9.51. The van der Waals surface area contributed by atoms with Crippen molar-refractivity contribution in [3.8, 4) is 11.3 Å². The highest BCUT2D eigenvalue weighted by Gasteiger charge is 2.11. The van der Waals surface area contributed by atoms with Crippen LogP contribution in [-0.2, 0) is 17.8 Å². The van der Waals surface area contributed by atoms with Gasteiger partial charge in [0.2, 0.25) is 5.91 Å². The van der Waals surface area contributed by atoms with Gasteiger partial charge >= 0.3 is 0 Å². The van der Waals surface area contributed by atoms with Crippen molar-refractivity contribution in [1.82, 2.24) is 9.55 Å². The Morgan fingerprint density at radius 2 is 2.10 bits per heavy atom. The van der Waals surface area contributed by atoms with E-state index >= 15 is 0 Å². The van der Waals surface area contributed by atoms with Crippen LogP contribution in [0.1, 0.15) is 29.9 Å². The van der Waals surface area contributed by atoms with Crippen LogP contribution in [-0.4, -0.2) is 21.2 Å². The maximum Gasteiger partial charge on any atom is 0.250 e. The van der Waals surface area contributed by atoms with E-state index in [4.69, 9.17) is 5.73 Å². The van der Waals surface area contributed by atoms with Crippen molar-refractivity contribution in [2.75, 3.05) is 0 Å². The molecule has 0 aliphatic carbocycles. The van der Waals surface area contributed by atoms with Crippen LogP contribution in [0.15, 0.2) is 30.6 Å². The molecule has 2 aromatic rings. The Morgan fingerprint density at radius 1 is 1.35 bits per heavy atom. The second-order valence-electron chi connectivity index (χ2n) is 4.68. The second kappa shape index (κ2) is 5.69. The molecule has 0 aliphatic rings. The summed E-state index contributed by atoms with van der Waals surface area (Å²) in [5.41, 5.74) is 8.33. The predicted molar refractivity (Wildman–Crippen MR) is 76.2 cm³/mol. The van der Waals surface area contributed by atoms with E-state index in [2.05, 4.69) is 4.98 Å². The number of hydrogen-bond donors (Lipinski definition) is 1. The van der Waals surface area contributed by atoms with Gasteiger partial charge in [-0.15, -0.1) is 0 Å². The molecule has 0 bridgehead atoms. The first-order valence-electron chi connectivity index (χ1n) is 6.46. The third-order valence-electron chi connectivity index (χ3n) is 3.06. The average molecular weight is 271 g/mol. The standard InChI is InChI=1S/C15H17N3O2/c1-3-18-9-12(15(16)20)8-14(18)11-4-5-17-13(7-11)6-10(2)19/h4-5,7-9H,3,6H2,1-2H3,(H2,16,20). The summed E-state index contributed by atoms with van der Waals surface area (Å²) < 4.78 is 1.95. The Morgan fingerprint density at radius 3 is 2.70 bits per heavy atom. The molecule has 20 heavy (non-hydrogen) atoms. The lowest BCUT2D eigenvalue weighted by molar-refractivity contribution is -0.116. The molecule has 0 saturated carbocycles. The second-order valence-corrected chi connectivity index (χ2v) is 4.68. The highest BCUT2D eigenvalue weighted by Crippen LogP contribution is 2.23. The SMILES string of the molecule is CCn1cc(C(N)=O)cc1-c1ccnc(CC(C)=O)c1. The number of nitrogens with two attached hydrogens (primary N) is 1. The molecule has 0 unspecified atom stereocenters. The molecule has 0 fully saturated rings. The van der Waals surface area contributed by atoms with Crippen LogP contribution in [0.5, 0.6) is 0 Å². The Labute approximate surface area is 117 Å². The molecule has 0 saturated heterocycles. The van der Waals surface area contributed by atoms with Gasteiger partial charge in [-0.25, -0.2) is 0 Å². The number of pyridine rings is 1. The number of carbonyl (C=O) groups excluding carboxylic acids is 2. The zero-order valence-corrected chi connectivity index (χ0v) is 11.6. The van der Waals surface area contributed by atoms with Gasteiger partial charge in [0.25, 0.3) is 0 Å². The molecule has 2 rings (SSSR count). The van der Waals surface area contributed by atoms with Gasteiger partial charge in [0.1, 0.15) is 5.78 Å². The van der Waals surface area contributed by atoms with Gasteiger partial charge in [-0.05, 0) is 32.0 Å². The summed E-state index contributed by atoms with van der Waals surface area (Å²) in [6.45, 7) is 4.26. The Hall–Kier alpha value is -2.43. The predicted octanol–water partition coefficient (Wildman–Crippen LogP) is 1.80. The summed E-state index contributed by atoms with van der Waals surface area (Å²) in [5, 5.41) is 0. The summed E-state index contributed by atoms with van der Waals surface area (Å²) in [4.78, 5) is 26.6. The van der Waals surface area contributed by atoms with E-state index in [9.17, 15) is 9.59 Å². The van der Waals surface area contributed by atoms with E-state index in [-0.39, 0.29) is 5.78 Å². The minimum absolute atomic E-state index is 0.0679. The Kier molecular flexibility index (Phi) is 3.98.